The highest BCUT2D eigenvalue weighted by atomic mass is 35.5. The van der Waals surface area contributed by atoms with Crippen molar-refractivity contribution in [1.82, 2.24) is 9.97 Å². The van der Waals surface area contributed by atoms with E-state index in [1.165, 1.54) is 6.07 Å². The number of carbonyl (C=O) groups is 1. The number of fused-ring (bicyclic) bond motifs is 2. The van der Waals surface area contributed by atoms with Crippen LogP contribution in [0.1, 0.15) is 59.4 Å². The Kier molecular flexibility index (Phi) is 4.76. The van der Waals surface area contributed by atoms with Gasteiger partial charge in [-0.15, -0.1) is 0 Å². The van der Waals surface area contributed by atoms with Gasteiger partial charge in [0.05, 0.1) is 23.6 Å². The standard InChI is InChI=1S/C25H22ClFN4O2/c1-13-9-15-6-7-20(24-17(27)3-2-8-28-24)33-21(15)11-19(13)31-12-16-18(29-25(31)32)10-22(26)30-23(16)14-4-5-14/h2-3,8-11,14,20H,4-7,12H2,1H3,(H,29,32)/t20-/m1/s1. The SMILES string of the molecule is Cc1cc2c(cc1N1Cc3c(cc(Cl)nc3C3CC3)NC1=O)O[C@@H](c1ncccc1F)CC2. The van der Waals surface area contributed by atoms with Crippen LogP contribution in [0.5, 0.6) is 5.75 Å². The quantitative estimate of drug-likeness (QED) is 0.477. The average Bonchev–Trinajstić information content (AvgIpc) is 3.63. The fourth-order valence-corrected chi connectivity index (χ4v) is 5.00. The van der Waals surface area contributed by atoms with Gasteiger partial charge in [0.25, 0.3) is 0 Å². The van der Waals surface area contributed by atoms with Crippen LogP contribution in [-0.4, -0.2) is 16.0 Å². The number of carbonyl (C=O) groups excluding carboxylic acids is 1. The van der Waals surface area contributed by atoms with E-state index in [0.717, 1.165) is 53.0 Å². The summed E-state index contributed by atoms with van der Waals surface area (Å²) >= 11 is 6.21. The molecule has 0 saturated heterocycles. The molecule has 168 valence electrons. The van der Waals surface area contributed by atoms with Crippen molar-refractivity contribution in [3.05, 3.63) is 75.6 Å². The van der Waals surface area contributed by atoms with Crippen LogP contribution in [0.3, 0.4) is 0 Å². The fourth-order valence-electron chi connectivity index (χ4n) is 4.80. The van der Waals surface area contributed by atoms with E-state index < -0.39 is 6.10 Å². The van der Waals surface area contributed by atoms with Crippen molar-refractivity contribution in [2.45, 2.75) is 51.2 Å². The van der Waals surface area contributed by atoms with Crippen LogP contribution >= 0.6 is 11.6 Å². The van der Waals surface area contributed by atoms with Gasteiger partial charge in [0.2, 0.25) is 0 Å². The molecule has 0 bridgehead atoms. The molecule has 6 nitrogen and oxygen atoms in total. The molecule has 2 aromatic heterocycles. The Morgan fingerprint density at radius 2 is 2.06 bits per heavy atom. The van der Waals surface area contributed by atoms with E-state index in [2.05, 4.69) is 21.4 Å². The molecule has 8 heteroatoms. The van der Waals surface area contributed by atoms with Gasteiger partial charge in [0, 0.05) is 23.7 Å². The molecule has 3 aromatic rings. The molecule has 1 aliphatic carbocycles. The lowest BCUT2D eigenvalue weighted by Crippen LogP contribution is -2.40. The molecule has 0 spiro atoms. The van der Waals surface area contributed by atoms with Gasteiger partial charge in [-0.3, -0.25) is 9.88 Å². The van der Waals surface area contributed by atoms with E-state index in [1.807, 2.05) is 13.0 Å². The summed E-state index contributed by atoms with van der Waals surface area (Å²) in [6, 6.07) is 8.41. The summed E-state index contributed by atoms with van der Waals surface area (Å²) in [7, 11) is 0. The number of nitrogens with zero attached hydrogens (tertiary/aromatic N) is 3. The first-order chi connectivity index (χ1) is 16.0. The number of ether oxygens (including phenoxy) is 1. The number of rotatable bonds is 3. The van der Waals surface area contributed by atoms with Crippen LogP contribution in [0.25, 0.3) is 0 Å². The van der Waals surface area contributed by atoms with E-state index in [9.17, 15) is 9.18 Å². The maximum Gasteiger partial charge on any atom is 0.326 e. The third-order valence-corrected chi connectivity index (χ3v) is 6.79. The number of aromatic nitrogens is 2. The molecule has 1 atom stereocenters. The molecule has 3 aliphatic rings. The van der Waals surface area contributed by atoms with Crippen LogP contribution in [-0.2, 0) is 13.0 Å². The monoisotopic (exact) mass is 464 g/mol. The van der Waals surface area contributed by atoms with Gasteiger partial charge in [-0.2, -0.15) is 0 Å². The molecule has 1 aromatic carbocycles. The van der Waals surface area contributed by atoms with Crippen LogP contribution < -0.4 is 15.0 Å². The predicted octanol–water partition coefficient (Wildman–Crippen LogP) is 6.07. The third-order valence-electron chi connectivity index (χ3n) is 6.60. The minimum absolute atomic E-state index is 0.224. The fraction of sp³-hybridized carbons (Fsp3) is 0.320. The molecule has 2 aliphatic heterocycles. The smallest absolute Gasteiger partial charge is 0.326 e. The number of halogens is 2. The summed E-state index contributed by atoms with van der Waals surface area (Å²) in [6.45, 7) is 2.40. The Hall–Kier alpha value is -3.19. The van der Waals surface area contributed by atoms with Crippen LogP contribution in [0.15, 0.2) is 36.5 Å². The molecule has 0 radical (unpaired) electrons. The summed E-state index contributed by atoms with van der Waals surface area (Å²) in [5, 5.41) is 3.38. The highest BCUT2D eigenvalue weighted by Crippen LogP contribution is 2.45. The number of nitrogens with one attached hydrogen (secondary N) is 1. The number of benzene rings is 1. The summed E-state index contributed by atoms with van der Waals surface area (Å²) < 4.78 is 20.5. The second-order valence-electron chi connectivity index (χ2n) is 8.91. The van der Waals surface area contributed by atoms with Crippen molar-refractivity contribution in [2.75, 3.05) is 10.2 Å². The summed E-state index contributed by atoms with van der Waals surface area (Å²) in [5.41, 5.74) is 5.81. The van der Waals surface area contributed by atoms with Crippen molar-refractivity contribution in [3.63, 3.8) is 0 Å². The predicted molar refractivity (Wildman–Crippen MR) is 123 cm³/mol. The zero-order valence-electron chi connectivity index (χ0n) is 18.1. The maximum absolute atomic E-state index is 14.3. The van der Waals surface area contributed by atoms with Gasteiger partial charge in [0.1, 0.15) is 28.5 Å². The van der Waals surface area contributed by atoms with Crippen LogP contribution in [0.2, 0.25) is 5.15 Å². The van der Waals surface area contributed by atoms with Crippen molar-refractivity contribution < 1.29 is 13.9 Å². The highest BCUT2D eigenvalue weighted by Gasteiger charge is 2.35. The Balaban J connectivity index is 1.35. The Morgan fingerprint density at radius 3 is 2.85 bits per heavy atom. The number of urea groups is 1. The van der Waals surface area contributed by atoms with Crippen molar-refractivity contribution in [2.24, 2.45) is 0 Å². The number of pyridine rings is 2. The van der Waals surface area contributed by atoms with Gasteiger partial charge in [0.15, 0.2) is 0 Å². The molecule has 1 fully saturated rings. The maximum atomic E-state index is 14.3. The first kappa shape index (κ1) is 20.4. The van der Waals surface area contributed by atoms with Gasteiger partial charge < -0.3 is 10.1 Å². The van der Waals surface area contributed by atoms with Crippen molar-refractivity contribution >= 4 is 29.0 Å². The Bertz CT molecular complexity index is 1290. The number of aryl methyl sites for hydroxylation is 2. The van der Waals surface area contributed by atoms with Crippen molar-refractivity contribution in [3.8, 4) is 5.75 Å². The first-order valence-corrected chi connectivity index (χ1v) is 11.5. The second kappa shape index (κ2) is 7.70. The first-order valence-electron chi connectivity index (χ1n) is 11.2. The van der Waals surface area contributed by atoms with E-state index in [4.69, 9.17) is 16.3 Å². The third kappa shape index (κ3) is 3.60. The Morgan fingerprint density at radius 1 is 1.21 bits per heavy atom. The largest absolute Gasteiger partial charge is 0.484 e. The normalized spacial score (nSPS) is 19.4. The molecular formula is C25H22ClFN4O2. The zero-order chi connectivity index (χ0) is 22.7. The number of hydrogen-bond acceptors (Lipinski definition) is 4. The lowest BCUT2D eigenvalue weighted by molar-refractivity contribution is 0.167. The van der Waals surface area contributed by atoms with E-state index in [1.54, 1.807) is 23.2 Å². The number of anilines is 2. The summed E-state index contributed by atoms with van der Waals surface area (Å²) in [5.74, 6) is 0.688. The molecule has 2 amide bonds. The Labute approximate surface area is 195 Å². The molecule has 6 rings (SSSR count). The number of hydrogen-bond donors (Lipinski definition) is 1. The minimum atomic E-state index is -0.460. The topological polar surface area (TPSA) is 67.4 Å². The molecule has 4 heterocycles. The van der Waals surface area contributed by atoms with E-state index in [-0.39, 0.29) is 11.8 Å². The molecule has 33 heavy (non-hydrogen) atoms. The van der Waals surface area contributed by atoms with Gasteiger partial charge in [-0.1, -0.05) is 17.7 Å². The van der Waals surface area contributed by atoms with Gasteiger partial charge in [-0.25, -0.2) is 14.2 Å². The van der Waals surface area contributed by atoms with Gasteiger partial charge >= 0.3 is 6.03 Å². The lowest BCUT2D eigenvalue weighted by Gasteiger charge is -2.33. The van der Waals surface area contributed by atoms with Crippen LogP contribution in [0.4, 0.5) is 20.6 Å². The zero-order valence-corrected chi connectivity index (χ0v) is 18.8. The van der Waals surface area contributed by atoms with Crippen LogP contribution in [0, 0.1) is 12.7 Å². The summed E-state index contributed by atoms with van der Waals surface area (Å²) in [4.78, 5) is 23.5. The molecular weight excluding hydrogens is 443 g/mol. The summed E-state index contributed by atoms with van der Waals surface area (Å²) in [6.07, 6.45) is 4.69. The average molecular weight is 465 g/mol. The van der Waals surface area contributed by atoms with E-state index in [0.29, 0.717) is 35.5 Å². The lowest BCUT2D eigenvalue weighted by atomic mass is 9.96. The minimum Gasteiger partial charge on any atom is -0.484 e. The molecule has 0 unspecified atom stereocenters. The highest BCUT2D eigenvalue weighted by molar-refractivity contribution is 6.29. The molecule has 1 saturated carbocycles. The number of amides is 2. The van der Waals surface area contributed by atoms with Gasteiger partial charge in [-0.05, 0) is 61.9 Å². The van der Waals surface area contributed by atoms with E-state index >= 15 is 0 Å². The van der Waals surface area contributed by atoms with Crippen molar-refractivity contribution in [1.29, 1.82) is 0 Å². The second-order valence-corrected chi connectivity index (χ2v) is 9.30. The molecule has 1 N–H and O–H groups in total.